The molecule has 0 spiro atoms. The molecule has 0 saturated heterocycles. The van der Waals surface area contributed by atoms with Crippen molar-refractivity contribution < 1.29 is 212 Å². The molecule has 0 atom stereocenters. The topological polar surface area (TPSA) is 121 Å². The van der Waals surface area contributed by atoms with Crippen LogP contribution in [0.25, 0.3) is 0 Å². The highest BCUT2D eigenvalue weighted by atomic mass is 19.5. The van der Waals surface area contributed by atoms with Gasteiger partial charge in [-0.05, 0) is 113 Å². The van der Waals surface area contributed by atoms with E-state index in [9.17, 15) is 140 Å². The number of halogens is 44. The second kappa shape index (κ2) is 28.3. The third-order valence-electron chi connectivity index (χ3n) is 20.3. The quantitative estimate of drug-likeness (QED) is 0.0611. The molecule has 8 aliphatic carbocycles. The fourth-order valence-electron chi connectivity index (χ4n) is 15.3. The fourth-order valence-corrected chi connectivity index (χ4v) is 15.3. The van der Waals surface area contributed by atoms with E-state index in [4.69, 9.17) is 0 Å². The Labute approximate surface area is 595 Å². The lowest BCUT2D eigenvalue weighted by molar-refractivity contribution is -0.397. The number of ether oxygens (including phenoxy) is 4. The van der Waals surface area contributed by atoms with Crippen molar-refractivity contribution in [3.8, 4) is 24.0 Å². The van der Waals surface area contributed by atoms with Gasteiger partial charge in [0, 0.05) is 37.0 Å². The minimum absolute atomic E-state index is 0.0894. The Balaban J connectivity index is 1.15. The average Bonchev–Trinajstić information content (AvgIpc) is 0.668. The van der Waals surface area contributed by atoms with E-state index in [0.29, 0.717) is 0 Å². The third-order valence-corrected chi connectivity index (χ3v) is 20.3. The zero-order valence-electron chi connectivity index (χ0n) is 54.9. The van der Waals surface area contributed by atoms with Crippen molar-refractivity contribution in [2.75, 3.05) is 49.3 Å². The molecule has 0 aliphatic heterocycles. The normalized spacial score (nSPS) is 24.6. The molecule has 0 radical (unpaired) electrons. The van der Waals surface area contributed by atoms with Gasteiger partial charge in [0.05, 0.1) is 26.1 Å². The first kappa shape index (κ1) is 91.3. The van der Waals surface area contributed by atoms with Gasteiger partial charge in [0.1, 0.15) is 0 Å². The van der Waals surface area contributed by atoms with Crippen molar-refractivity contribution in [3.05, 3.63) is 0 Å². The minimum Gasteiger partial charge on any atom is -0.463 e. The first-order valence-electron chi connectivity index (χ1n) is 31.8. The van der Waals surface area contributed by atoms with Crippen LogP contribution in [0.3, 0.4) is 0 Å². The standard InChI is InChI=1S/C56H50F44N8O4/c57-37(58,43(69,70)49(81,82)53(89,90)91)1-5-107(35-15-23-9-24(16-35)11-25(10-23)17-35)29-101-31(109-7-3-39(61,62)45(73,74)51(85,86)55(95,96)97)105-33(103-29)111-21-41(65,66)47(77,78)48(79,80)42(67,68)22-112-34-104-30(102-32(106-34)110-8-4-40(63,64)46(75,76)52(87,88)56(98,99)100)108(36-18-26-12-27(19-36)14-28(13-26)20-36)6-2-38(59,60)44(71,72)50(83,84)54(92,93)94/h23-28H,1-22H2. The maximum absolute atomic E-state index is 15.9. The molecule has 2 heterocycles. The number of anilines is 2. The summed E-state index contributed by atoms with van der Waals surface area (Å²) in [7, 11) is 0. The molecular formula is C56H50F44N8O4. The van der Waals surface area contributed by atoms with Gasteiger partial charge in [0.25, 0.3) is 0 Å². The van der Waals surface area contributed by atoms with Crippen LogP contribution in [0.5, 0.6) is 24.0 Å². The van der Waals surface area contributed by atoms with Gasteiger partial charge in [0.15, 0.2) is 13.2 Å². The van der Waals surface area contributed by atoms with Crippen LogP contribution in [0.1, 0.15) is 103 Å². The maximum atomic E-state index is 15.9. The van der Waals surface area contributed by atoms with Crippen LogP contribution in [-0.2, 0) is 0 Å². The van der Waals surface area contributed by atoms with Gasteiger partial charge in [0.2, 0.25) is 11.9 Å². The predicted molar refractivity (Wildman–Crippen MR) is 280 cm³/mol. The molecule has 2 aromatic heterocycles. The molecule has 56 heteroatoms. The van der Waals surface area contributed by atoms with Gasteiger partial charge in [-0.3, -0.25) is 0 Å². The van der Waals surface area contributed by atoms with Crippen molar-refractivity contribution in [2.45, 2.75) is 233 Å². The molecule has 12 nitrogen and oxygen atoms in total. The molecule has 0 unspecified atom stereocenters. The van der Waals surface area contributed by atoms with E-state index in [1.165, 1.54) is 0 Å². The molecule has 8 aliphatic rings. The van der Waals surface area contributed by atoms with E-state index in [-0.39, 0.29) is 48.3 Å². The lowest BCUT2D eigenvalue weighted by atomic mass is 9.52. The lowest BCUT2D eigenvalue weighted by Crippen LogP contribution is -2.65. The first-order valence-corrected chi connectivity index (χ1v) is 31.8. The fraction of sp³-hybridized carbons (Fsp3) is 0.893. The average molecular weight is 1730 g/mol. The molecule has 8 saturated carbocycles. The SMILES string of the molecule is FC(F)(F)C(F)(F)C(F)(F)C(F)(F)CCOc1nc(OCC(F)(F)C(F)(F)C(F)(F)C(F)(F)COc2nc(OCCC(F)(F)C(F)(F)C(F)(F)C(F)(F)F)nc(N(CCC(F)(F)C(F)(F)C(F)(F)C(F)(F)F)C34CC5CC(CC(C5)C3)C4)n2)nc(N(CCC(F)(F)C(F)(F)C(F)(F)C(F)(F)F)C23CC4CC(CC(C4)C2)C3)n1. The number of hydrogen-bond acceptors (Lipinski definition) is 12. The van der Waals surface area contributed by atoms with Crippen LogP contribution in [0.15, 0.2) is 0 Å². The number of nitrogens with zero attached hydrogens (tertiary/aromatic N) is 8. The van der Waals surface area contributed by atoms with Gasteiger partial charge in [-0.15, -0.1) is 9.97 Å². The maximum Gasteiger partial charge on any atom is 0.460 e. The van der Waals surface area contributed by atoms with Crippen molar-refractivity contribution in [1.82, 2.24) is 29.9 Å². The van der Waals surface area contributed by atoms with Crippen molar-refractivity contribution in [1.29, 1.82) is 0 Å². The van der Waals surface area contributed by atoms with Crippen molar-refractivity contribution in [3.63, 3.8) is 0 Å². The van der Waals surface area contributed by atoms with E-state index >= 15 is 52.7 Å². The summed E-state index contributed by atoms with van der Waals surface area (Å²) in [6, 6.07) is -9.23. The minimum atomic E-state index is -7.89. The Bertz CT molecular complexity index is 3350. The molecule has 112 heavy (non-hydrogen) atoms. The lowest BCUT2D eigenvalue weighted by Gasteiger charge is -2.60. The second-order valence-corrected chi connectivity index (χ2v) is 28.2. The van der Waals surface area contributed by atoms with Crippen LogP contribution in [-0.4, -0.2) is 200 Å². The number of hydrogen-bond donors (Lipinski definition) is 0. The highest BCUT2D eigenvalue weighted by Crippen LogP contribution is 2.64. The van der Waals surface area contributed by atoms with Gasteiger partial charge < -0.3 is 28.7 Å². The molecule has 10 rings (SSSR count). The summed E-state index contributed by atoms with van der Waals surface area (Å²) >= 11 is 0. The first-order chi connectivity index (χ1) is 49.9. The van der Waals surface area contributed by atoms with Gasteiger partial charge >= 0.3 is 144 Å². The number of aromatic nitrogens is 6. The van der Waals surface area contributed by atoms with Crippen LogP contribution < -0.4 is 28.7 Å². The van der Waals surface area contributed by atoms with Gasteiger partial charge in [-0.25, -0.2) is 0 Å². The molecule has 8 fully saturated rings. The Kier molecular flexibility index (Phi) is 23.0. The zero-order valence-corrected chi connectivity index (χ0v) is 54.9. The zero-order chi connectivity index (χ0) is 85.7. The van der Waals surface area contributed by atoms with E-state index in [1.54, 1.807) is 0 Å². The molecule has 2 aromatic rings. The second-order valence-electron chi connectivity index (χ2n) is 28.2. The van der Waals surface area contributed by atoms with Crippen molar-refractivity contribution >= 4 is 11.9 Å². The molecule has 8 bridgehead atoms. The molecule has 0 N–H and O–H groups in total. The summed E-state index contributed by atoms with van der Waals surface area (Å²) in [6.45, 7) is -16.8. The Hall–Kier alpha value is -6.26. The van der Waals surface area contributed by atoms with Crippen LogP contribution in [0.4, 0.5) is 205 Å². The monoisotopic (exact) mass is 1730 g/mol. The predicted octanol–water partition coefficient (Wildman–Crippen LogP) is 19.8. The largest absolute Gasteiger partial charge is 0.463 e. The number of rotatable bonds is 35. The Morgan fingerprint density at radius 3 is 0.634 bits per heavy atom. The summed E-state index contributed by atoms with van der Waals surface area (Å²) in [4.78, 5) is 18.5. The summed E-state index contributed by atoms with van der Waals surface area (Å²) < 4.78 is 647. The Morgan fingerprint density at radius 2 is 0.429 bits per heavy atom. The van der Waals surface area contributed by atoms with Gasteiger partial charge in [-0.2, -0.15) is 213 Å². The highest BCUT2D eigenvalue weighted by molar-refractivity contribution is 5.41. The molecule has 0 amide bonds. The van der Waals surface area contributed by atoms with Crippen molar-refractivity contribution in [2.24, 2.45) is 35.5 Å². The smallest absolute Gasteiger partial charge is 0.460 e. The highest BCUT2D eigenvalue weighted by Gasteiger charge is 2.86. The Morgan fingerprint density at radius 1 is 0.241 bits per heavy atom. The summed E-state index contributed by atoms with van der Waals surface area (Å²) in [5.74, 6) is -125. The number of alkyl halides is 44. The van der Waals surface area contributed by atoms with Crippen LogP contribution in [0, 0.1) is 35.5 Å². The molecular weight excluding hydrogens is 1680 g/mol. The van der Waals surface area contributed by atoms with E-state index in [0.717, 1.165) is 0 Å². The summed E-state index contributed by atoms with van der Waals surface area (Å²) in [5, 5.41) is 0. The summed E-state index contributed by atoms with van der Waals surface area (Å²) in [5.41, 5.74) is -4.21. The third kappa shape index (κ3) is 15.6. The van der Waals surface area contributed by atoms with Gasteiger partial charge in [-0.1, -0.05) is 0 Å². The van der Waals surface area contributed by atoms with Crippen LogP contribution >= 0.6 is 0 Å². The molecule has 0 aromatic carbocycles. The van der Waals surface area contributed by atoms with E-state index in [2.05, 4.69) is 48.9 Å². The van der Waals surface area contributed by atoms with E-state index in [1.807, 2.05) is 0 Å². The van der Waals surface area contributed by atoms with Crippen LogP contribution in [0.2, 0.25) is 0 Å². The van der Waals surface area contributed by atoms with E-state index < -0.39 is 306 Å². The summed E-state index contributed by atoms with van der Waals surface area (Å²) in [6.07, 6.45) is -44.2. The molecule has 646 valence electrons.